The van der Waals surface area contributed by atoms with E-state index in [1.54, 1.807) is 22.9 Å². The van der Waals surface area contributed by atoms with Crippen molar-refractivity contribution in [3.63, 3.8) is 0 Å². The summed E-state index contributed by atoms with van der Waals surface area (Å²) in [5.41, 5.74) is 5.86. The van der Waals surface area contributed by atoms with Crippen molar-refractivity contribution in [2.75, 3.05) is 6.61 Å². The van der Waals surface area contributed by atoms with Gasteiger partial charge in [0, 0.05) is 24.8 Å². The zero-order valence-electron chi connectivity index (χ0n) is 10.0. The third kappa shape index (κ3) is 3.68. The highest BCUT2D eigenvalue weighted by atomic mass is 16.5. The van der Waals surface area contributed by atoms with Crippen molar-refractivity contribution in [2.45, 2.75) is 44.4 Å². The summed E-state index contributed by atoms with van der Waals surface area (Å²) in [5.74, 6) is 0. The van der Waals surface area contributed by atoms with E-state index in [2.05, 4.69) is 0 Å². The molecule has 0 saturated heterocycles. The second-order valence-electron chi connectivity index (χ2n) is 4.64. The lowest BCUT2D eigenvalue weighted by molar-refractivity contribution is 0.0206. The van der Waals surface area contributed by atoms with Gasteiger partial charge in [-0.3, -0.25) is 4.79 Å². The van der Waals surface area contributed by atoms with Crippen molar-refractivity contribution >= 4 is 0 Å². The smallest absolute Gasteiger partial charge is 0.250 e. The molecule has 0 aliphatic heterocycles. The molecule has 4 nitrogen and oxygen atoms in total. The molecular formula is C13H20N2O2. The highest BCUT2D eigenvalue weighted by Crippen LogP contribution is 2.19. The average Bonchev–Trinajstić information content (AvgIpc) is 2.34. The van der Waals surface area contributed by atoms with Crippen LogP contribution in [-0.4, -0.2) is 23.3 Å². The van der Waals surface area contributed by atoms with Crippen LogP contribution >= 0.6 is 0 Å². The quantitative estimate of drug-likeness (QED) is 0.852. The average molecular weight is 236 g/mol. The fraction of sp³-hybridized carbons (Fsp3) is 0.615. The lowest BCUT2D eigenvalue weighted by Crippen LogP contribution is -2.31. The van der Waals surface area contributed by atoms with Gasteiger partial charge in [0.05, 0.1) is 12.7 Å². The van der Waals surface area contributed by atoms with Crippen LogP contribution in [0.1, 0.15) is 25.7 Å². The van der Waals surface area contributed by atoms with Crippen LogP contribution in [0.2, 0.25) is 0 Å². The first kappa shape index (κ1) is 12.3. The number of nitrogens with zero attached hydrogens (tertiary/aromatic N) is 1. The van der Waals surface area contributed by atoms with Crippen molar-refractivity contribution in [3.05, 3.63) is 34.7 Å². The fourth-order valence-electron chi connectivity index (χ4n) is 2.22. The molecule has 1 fully saturated rings. The summed E-state index contributed by atoms with van der Waals surface area (Å²) in [7, 11) is 0. The van der Waals surface area contributed by atoms with E-state index in [-0.39, 0.29) is 5.56 Å². The first-order valence-electron chi connectivity index (χ1n) is 6.28. The number of hydrogen-bond donors (Lipinski definition) is 1. The Kier molecular flexibility index (Phi) is 4.34. The third-order valence-electron chi connectivity index (χ3n) is 3.30. The van der Waals surface area contributed by atoms with Crippen LogP contribution in [0, 0.1) is 0 Å². The molecule has 17 heavy (non-hydrogen) atoms. The number of pyridine rings is 1. The van der Waals surface area contributed by atoms with Gasteiger partial charge in [-0.15, -0.1) is 0 Å². The van der Waals surface area contributed by atoms with Gasteiger partial charge in [0.25, 0.3) is 5.56 Å². The van der Waals surface area contributed by atoms with Crippen LogP contribution in [0.3, 0.4) is 0 Å². The van der Waals surface area contributed by atoms with Crippen LogP contribution < -0.4 is 11.3 Å². The SMILES string of the molecule is NC1CCC(OCCn2ccccc2=O)CC1. The van der Waals surface area contributed by atoms with Crippen molar-refractivity contribution in [1.82, 2.24) is 4.57 Å². The zero-order chi connectivity index (χ0) is 12.1. The molecule has 0 atom stereocenters. The lowest BCUT2D eigenvalue weighted by Gasteiger charge is -2.26. The highest BCUT2D eigenvalue weighted by molar-refractivity contribution is 4.93. The summed E-state index contributed by atoms with van der Waals surface area (Å²) in [6.45, 7) is 1.23. The minimum absolute atomic E-state index is 0.0294. The zero-order valence-corrected chi connectivity index (χ0v) is 10.0. The Morgan fingerprint density at radius 2 is 2.06 bits per heavy atom. The van der Waals surface area contributed by atoms with E-state index in [1.165, 1.54) is 0 Å². The second-order valence-corrected chi connectivity index (χ2v) is 4.64. The van der Waals surface area contributed by atoms with Gasteiger partial charge in [0.1, 0.15) is 0 Å². The Hall–Kier alpha value is -1.13. The number of nitrogens with two attached hydrogens (primary N) is 1. The Labute approximate surface area is 101 Å². The molecule has 0 aromatic carbocycles. The summed E-state index contributed by atoms with van der Waals surface area (Å²) in [6.07, 6.45) is 6.32. The van der Waals surface area contributed by atoms with E-state index in [4.69, 9.17) is 10.5 Å². The van der Waals surface area contributed by atoms with Gasteiger partial charge in [0.15, 0.2) is 0 Å². The number of rotatable bonds is 4. The minimum Gasteiger partial charge on any atom is -0.376 e. The number of aromatic nitrogens is 1. The predicted molar refractivity (Wildman–Crippen MR) is 66.9 cm³/mol. The Balaban J connectivity index is 1.73. The van der Waals surface area contributed by atoms with Crippen LogP contribution in [0.4, 0.5) is 0 Å². The summed E-state index contributed by atoms with van der Waals surface area (Å²) in [5, 5.41) is 0. The summed E-state index contributed by atoms with van der Waals surface area (Å²) >= 11 is 0. The van der Waals surface area contributed by atoms with E-state index >= 15 is 0 Å². The van der Waals surface area contributed by atoms with Crippen molar-refractivity contribution in [1.29, 1.82) is 0 Å². The van der Waals surface area contributed by atoms with Gasteiger partial charge in [-0.2, -0.15) is 0 Å². The maximum absolute atomic E-state index is 11.4. The molecule has 1 aromatic rings. The molecule has 0 amide bonds. The Bertz CT molecular complexity index is 394. The van der Waals surface area contributed by atoms with Crippen LogP contribution in [0.15, 0.2) is 29.2 Å². The first-order valence-corrected chi connectivity index (χ1v) is 6.28. The molecule has 2 rings (SSSR count). The van der Waals surface area contributed by atoms with Gasteiger partial charge >= 0.3 is 0 Å². The van der Waals surface area contributed by atoms with Crippen molar-refractivity contribution < 1.29 is 4.74 Å². The predicted octanol–water partition coefficient (Wildman–Crippen LogP) is 1.13. The standard InChI is InChI=1S/C13H20N2O2/c14-11-4-6-12(7-5-11)17-10-9-15-8-2-1-3-13(15)16/h1-3,8,11-12H,4-7,9-10,14H2. The molecule has 0 spiro atoms. The van der Waals surface area contributed by atoms with Gasteiger partial charge < -0.3 is 15.0 Å². The van der Waals surface area contributed by atoms with E-state index in [9.17, 15) is 4.79 Å². The molecule has 0 bridgehead atoms. The first-order chi connectivity index (χ1) is 8.25. The lowest BCUT2D eigenvalue weighted by atomic mass is 9.94. The van der Waals surface area contributed by atoms with Gasteiger partial charge in [0.2, 0.25) is 0 Å². The molecule has 4 heteroatoms. The molecule has 1 aromatic heterocycles. The monoisotopic (exact) mass is 236 g/mol. The van der Waals surface area contributed by atoms with Gasteiger partial charge in [-0.1, -0.05) is 6.07 Å². The maximum atomic E-state index is 11.4. The molecule has 1 aliphatic rings. The second kappa shape index (κ2) is 5.98. The molecule has 1 saturated carbocycles. The molecule has 1 heterocycles. The number of ether oxygens (including phenoxy) is 1. The Morgan fingerprint density at radius 3 is 2.76 bits per heavy atom. The molecule has 94 valence electrons. The fourth-order valence-corrected chi connectivity index (χ4v) is 2.22. The highest BCUT2D eigenvalue weighted by Gasteiger charge is 2.18. The molecule has 0 radical (unpaired) electrons. The largest absolute Gasteiger partial charge is 0.376 e. The third-order valence-corrected chi connectivity index (χ3v) is 3.30. The van der Waals surface area contributed by atoms with Crippen LogP contribution in [0.5, 0.6) is 0 Å². The van der Waals surface area contributed by atoms with E-state index in [0.717, 1.165) is 25.7 Å². The van der Waals surface area contributed by atoms with Crippen molar-refractivity contribution in [2.24, 2.45) is 5.73 Å². The normalized spacial score (nSPS) is 24.8. The molecule has 1 aliphatic carbocycles. The molecule has 0 unspecified atom stereocenters. The van der Waals surface area contributed by atoms with E-state index in [1.807, 2.05) is 6.07 Å². The van der Waals surface area contributed by atoms with E-state index in [0.29, 0.717) is 25.3 Å². The molecular weight excluding hydrogens is 216 g/mol. The summed E-state index contributed by atoms with van der Waals surface area (Å²) < 4.78 is 7.45. The van der Waals surface area contributed by atoms with Crippen LogP contribution in [-0.2, 0) is 11.3 Å². The van der Waals surface area contributed by atoms with Crippen molar-refractivity contribution in [3.8, 4) is 0 Å². The van der Waals surface area contributed by atoms with Crippen LogP contribution in [0.25, 0.3) is 0 Å². The number of hydrogen-bond acceptors (Lipinski definition) is 3. The van der Waals surface area contributed by atoms with Gasteiger partial charge in [-0.25, -0.2) is 0 Å². The molecule has 2 N–H and O–H groups in total. The van der Waals surface area contributed by atoms with E-state index < -0.39 is 0 Å². The summed E-state index contributed by atoms with van der Waals surface area (Å²) in [6, 6.07) is 5.54. The topological polar surface area (TPSA) is 57.2 Å². The minimum atomic E-state index is 0.0294. The maximum Gasteiger partial charge on any atom is 0.250 e. The Morgan fingerprint density at radius 1 is 1.29 bits per heavy atom. The summed E-state index contributed by atoms with van der Waals surface area (Å²) in [4.78, 5) is 11.4. The van der Waals surface area contributed by atoms with Gasteiger partial charge in [-0.05, 0) is 31.7 Å².